The molecule has 0 aliphatic rings. The normalized spacial score (nSPS) is 11.0. The minimum atomic E-state index is -0.367. The molecule has 10 heteroatoms. The van der Waals surface area contributed by atoms with E-state index in [1.807, 2.05) is 13.0 Å². The second kappa shape index (κ2) is 7.98. The van der Waals surface area contributed by atoms with Crippen LogP contribution in [0.4, 0.5) is 5.69 Å². The Morgan fingerprint density at radius 2 is 2.03 bits per heavy atom. The minimum absolute atomic E-state index is 0.269. The third-order valence-corrected chi connectivity index (χ3v) is 5.74. The number of aromatic nitrogens is 4. The molecule has 0 spiro atoms. The van der Waals surface area contributed by atoms with Crippen molar-refractivity contribution in [1.82, 2.24) is 19.8 Å². The first kappa shape index (κ1) is 19.6. The molecule has 0 unspecified atom stereocenters. The highest BCUT2D eigenvalue weighted by atomic mass is 35.5. The zero-order valence-corrected chi connectivity index (χ0v) is 17.8. The number of hydrogen-bond acceptors (Lipinski definition) is 6. The zero-order chi connectivity index (χ0) is 20.5. The highest BCUT2D eigenvalue weighted by Gasteiger charge is 2.17. The second-order valence-electron chi connectivity index (χ2n) is 6.06. The van der Waals surface area contributed by atoms with Crippen LogP contribution in [0.3, 0.4) is 0 Å². The molecule has 0 atom stereocenters. The molecule has 0 saturated carbocycles. The summed E-state index contributed by atoms with van der Waals surface area (Å²) in [6, 6.07) is 10.2. The number of fused-ring (bicyclic) bond motifs is 1. The minimum Gasteiger partial charge on any atom is -0.495 e. The van der Waals surface area contributed by atoms with Crippen molar-refractivity contribution in [2.45, 2.75) is 13.3 Å². The summed E-state index contributed by atoms with van der Waals surface area (Å²) >= 11 is 13.5. The van der Waals surface area contributed by atoms with E-state index in [9.17, 15) is 4.79 Å². The van der Waals surface area contributed by atoms with Crippen molar-refractivity contribution in [1.29, 1.82) is 0 Å². The number of aryl methyl sites for hydroxylation is 1. The number of halogens is 2. The van der Waals surface area contributed by atoms with Crippen molar-refractivity contribution in [3.05, 3.63) is 57.8 Å². The number of carbonyl (C=O) groups is 1. The van der Waals surface area contributed by atoms with Crippen LogP contribution in [0, 0.1) is 0 Å². The van der Waals surface area contributed by atoms with Gasteiger partial charge < -0.3 is 10.1 Å². The van der Waals surface area contributed by atoms with Gasteiger partial charge in [-0.2, -0.15) is 9.61 Å². The van der Waals surface area contributed by atoms with E-state index in [1.54, 1.807) is 28.8 Å². The van der Waals surface area contributed by atoms with Gasteiger partial charge in [0.25, 0.3) is 5.91 Å². The van der Waals surface area contributed by atoms with E-state index in [2.05, 4.69) is 20.6 Å². The lowest BCUT2D eigenvalue weighted by molar-refractivity contribution is 0.102. The van der Waals surface area contributed by atoms with Crippen LogP contribution in [0.1, 0.15) is 23.1 Å². The lowest BCUT2D eigenvalue weighted by Gasteiger charge is -2.12. The van der Waals surface area contributed by atoms with Gasteiger partial charge in [0.1, 0.15) is 10.8 Å². The third kappa shape index (κ3) is 3.78. The number of carbonyl (C=O) groups excluding carboxylic acids is 1. The molecule has 0 bridgehead atoms. The molecular weight excluding hydrogens is 433 g/mol. The van der Waals surface area contributed by atoms with E-state index in [4.69, 9.17) is 27.9 Å². The van der Waals surface area contributed by atoms with Gasteiger partial charge in [0, 0.05) is 17.0 Å². The number of amides is 1. The van der Waals surface area contributed by atoms with E-state index in [1.165, 1.54) is 24.5 Å². The maximum Gasteiger partial charge on any atom is 0.257 e. The molecule has 0 aliphatic carbocycles. The van der Waals surface area contributed by atoms with Gasteiger partial charge in [0.15, 0.2) is 5.82 Å². The van der Waals surface area contributed by atoms with Gasteiger partial charge in [0.05, 0.1) is 23.4 Å². The molecule has 1 amide bonds. The van der Waals surface area contributed by atoms with Crippen LogP contribution in [-0.2, 0) is 6.42 Å². The zero-order valence-electron chi connectivity index (χ0n) is 15.4. The summed E-state index contributed by atoms with van der Waals surface area (Å²) in [6.07, 6.45) is 0.732. The summed E-state index contributed by atoms with van der Waals surface area (Å²) < 4.78 is 7.12. The van der Waals surface area contributed by atoms with Crippen LogP contribution in [0.5, 0.6) is 5.75 Å². The van der Waals surface area contributed by atoms with E-state index < -0.39 is 0 Å². The standard InChI is InChI=1S/C19H15Cl2N5O2S/c1-3-16-23-24-19-26(16)25-18(29-19)10-4-7-15(28-2)14(8-10)22-17(27)12-6-5-11(20)9-13(12)21/h4-9H,3H2,1-2H3,(H,22,27). The second-order valence-corrected chi connectivity index (χ2v) is 7.86. The SMILES string of the molecule is CCc1nnc2sc(-c3ccc(OC)c(NC(=O)c4ccc(Cl)cc4Cl)c3)nn12. The average Bonchev–Trinajstić information content (AvgIpc) is 3.28. The number of hydrogen-bond donors (Lipinski definition) is 1. The van der Waals surface area contributed by atoms with Crippen LogP contribution in [0.25, 0.3) is 15.5 Å². The third-order valence-electron chi connectivity index (χ3n) is 4.24. The van der Waals surface area contributed by atoms with Gasteiger partial charge in [0.2, 0.25) is 4.96 Å². The van der Waals surface area contributed by atoms with Crippen LogP contribution in [-0.4, -0.2) is 32.8 Å². The lowest BCUT2D eigenvalue weighted by atomic mass is 10.1. The number of nitrogens with zero attached hydrogens (tertiary/aromatic N) is 4. The molecule has 7 nitrogen and oxygen atoms in total. The molecule has 0 aliphatic heterocycles. The highest BCUT2D eigenvalue weighted by Crippen LogP contribution is 2.33. The van der Waals surface area contributed by atoms with Gasteiger partial charge in [-0.3, -0.25) is 4.79 Å². The Hall–Kier alpha value is -2.68. The number of nitrogens with one attached hydrogen (secondary N) is 1. The first-order valence-electron chi connectivity index (χ1n) is 8.66. The number of methoxy groups -OCH3 is 1. The lowest BCUT2D eigenvalue weighted by Crippen LogP contribution is -2.13. The van der Waals surface area contributed by atoms with Gasteiger partial charge >= 0.3 is 0 Å². The Morgan fingerprint density at radius 3 is 2.76 bits per heavy atom. The van der Waals surface area contributed by atoms with Crippen molar-refractivity contribution in [3.63, 3.8) is 0 Å². The van der Waals surface area contributed by atoms with Gasteiger partial charge in [-0.25, -0.2) is 0 Å². The van der Waals surface area contributed by atoms with Gasteiger partial charge in [-0.05, 0) is 36.4 Å². The first-order chi connectivity index (χ1) is 14.0. The van der Waals surface area contributed by atoms with Crippen molar-refractivity contribution in [2.24, 2.45) is 0 Å². The summed E-state index contributed by atoms with van der Waals surface area (Å²) in [4.78, 5) is 13.4. The topological polar surface area (TPSA) is 81.4 Å². The summed E-state index contributed by atoms with van der Waals surface area (Å²) in [7, 11) is 1.54. The number of anilines is 1. The molecule has 4 aromatic rings. The Labute approximate surface area is 180 Å². The maximum atomic E-state index is 12.7. The molecule has 2 heterocycles. The smallest absolute Gasteiger partial charge is 0.257 e. The van der Waals surface area contributed by atoms with Crippen molar-refractivity contribution >= 4 is 51.1 Å². The van der Waals surface area contributed by atoms with Crippen LogP contribution in [0.15, 0.2) is 36.4 Å². The quantitative estimate of drug-likeness (QED) is 0.466. The molecule has 2 aromatic carbocycles. The number of benzene rings is 2. The predicted molar refractivity (Wildman–Crippen MR) is 114 cm³/mol. The molecule has 29 heavy (non-hydrogen) atoms. The van der Waals surface area contributed by atoms with Crippen LogP contribution >= 0.6 is 34.5 Å². The van der Waals surface area contributed by atoms with E-state index >= 15 is 0 Å². The van der Waals surface area contributed by atoms with E-state index in [0.717, 1.165) is 22.8 Å². The largest absolute Gasteiger partial charge is 0.495 e. The molecule has 148 valence electrons. The van der Waals surface area contributed by atoms with E-state index in [0.29, 0.717) is 27.0 Å². The van der Waals surface area contributed by atoms with Crippen molar-refractivity contribution in [3.8, 4) is 16.3 Å². The Balaban J connectivity index is 1.69. The fourth-order valence-electron chi connectivity index (χ4n) is 2.80. The molecule has 1 N–H and O–H groups in total. The molecule has 0 fully saturated rings. The Kier molecular flexibility index (Phi) is 5.40. The Morgan fingerprint density at radius 1 is 1.21 bits per heavy atom. The molecule has 0 saturated heterocycles. The Bertz CT molecular complexity index is 1220. The summed E-state index contributed by atoms with van der Waals surface area (Å²) in [5, 5.41) is 17.2. The molecular formula is C19H15Cl2N5O2S. The van der Waals surface area contributed by atoms with Crippen LogP contribution in [0.2, 0.25) is 10.0 Å². The van der Waals surface area contributed by atoms with Crippen molar-refractivity contribution in [2.75, 3.05) is 12.4 Å². The monoisotopic (exact) mass is 447 g/mol. The van der Waals surface area contributed by atoms with Crippen molar-refractivity contribution < 1.29 is 9.53 Å². The molecule has 0 radical (unpaired) electrons. The maximum absolute atomic E-state index is 12.7. The fraction of sp³-hybridized carbons (Fsp3) is 0.158. The summed E-state index contributed by atoms with van der Waals surface area (Å²) in [5.74, 6) is 0.944. The average molecular weight is 448 g/mol. The molecule has 4 rings (SSSR count). The number of ether oxygens (including phenoxy) is 1. The van der Waals surface area contributed by atoms with Gasteiger partial charge in [-0.15, -0.1) is 10.2 Å². The fourth-order valence-corrected chi connectivity index (χ4v) is 4.15. The first-order valence-corrected chi connectivity index (χ1v) is 10.2. The highest BCUT2D eigenvalue weighted by molar-refractivity contribution is 7.19. The number of rotatable bonds is 5. The molecule has 2 aromatic heterocycles. The van der Waals surface area contributed by atoms with Gasteiger partial charge in [-0.1, -0.05) is 41.5 Å². The predicted octanol–water partition coefficient (Wildman–Crippen LogP) is 4.98. The summed E-state index contributed by atoms with van der Waals surface area (Å²) in [5.41, 5.74) is 1.64. The van der Waals surface area contributed by atoms with E-state index in [-0.39, 0.29) is 10.9 Å². The summed E-state index contributed by atoms with van der Waals surface area (Å²) in [6.45, 7) is 2.00. The van der Waals surface area contributed by atoms with Crippen LogP contribution < -0.4 is 10.1 Å².